The number of hydrogen-bond acceptors (Lipinski definition) is 10. The number of phenols is 1. The first kappa shape index (κ1) is 35.6. The van der Waals surface area contributed by atoms with E-state index < -0.39 is 31.0 Å². The number of nitrogens with zero attached hydrogens (tertiary/aromatic N) is 3. The van der Waals surface area contributed by atoms with Gasteiger partial charge in [0.2, 0.25) is 5.76 Å². The third kappa shape index (κ3) is 8.05. The van der Waals surface area contributed by atoms with E-state index in [-0.39, 0.29) is 60.2 Å². The van der Waals surface area contributed by atoms with E-state index in [2.05, 4.69) is 21.8 Å². The Kier molecular flexibility index (Phi) is 10.7. The van der Waals surface area contributed by atoms with Crippen LogP contribution in [0.2, 0.25) is 0 Å². The monoisotopic (exact) mass is 716 g/mol. The molecule has 0 bridgehead atoms. The van der Waals surface area contributed by atoms with Gasteiger partial charge in [-0.25, -0.2) is 13.8 Å². The number of aromatic hydroxyl groups is 1. The van der Waals surface area contributed by atoms with Crippen LogP contribution in [0.5, 0.6) is 11.5 Å². The number of aromatic nitrogens is 1. The molecule has 2 amide bonds. The van der Waals surface area contributed by atoms with E-state index in [1.807, 2.05) is 0 Å². The average molecular weight is 717 g/mol. The molecule has 14 heteroatoms. The first-order valence-corrected chi connectivity index (χ1v) is 18.4. The summed E-state index contributed by atoms with van der Waals surface area (Å²) in [4.78, 5) is 47.6. The molecule has 3 aromatic carbocycles. The van der Waals surface area contributed by atoms with Gasteiger partial charge in [0.1, 0.15) is 17.1 Å². The normalized spacial score (nSPS) is 16.0. The second-order valence-corrected chi connectivity index (χ2v) is 14.4. The number of halogens is 1. The Bertz CT molecular complexity index is 2000. The summed E-state index contributed by atoms with van der Waals surface area (Å²) in [7, 11) is -3.88. The summed E-state index contributed by atoms with van der Waals surface area (Å²) in [5.74, 6) is -2.39. The minimum Gasteiger partial charge on any atom is -0.505 e. The van der Waals surface area contributed by atoms with Crippen molar-refractivity contribution < 1.29 is 42.2 Å². The fourth-order valence-corrected chi connectivity index (χ4v) is 7.94. The van der Waals surface area contributed by atoms with Crippen molar-refractivity contribution in [2.45, 2.75) is 38.9 Å². The second kappa shape index (κ2) is 15.3. The lowest BCUT2D eigenvalue weighted by Crippen LogP contribution is -2.45. The number of carbonyl (C=O) groups excluding carboxylic acids is 3. The third-order valence-corrected chi connectivity index (χ3v) is 10.6. The van der Waals surface area contributed by atoms with Crippen LogP contribution in [-0.4, -0.2) is 76.1 Å². The molecule has 0 radical (unpaired) electrons. The van der Waals surface area contributed by atoms with Gasteiger partial charge in [0.05, 0.1) is 23.9 Å². The third-order valence-electron chi connectivity index (χ3n) is 8.86. The molecule has 0 saturated carbocycles. The maximum Gasteiger partial charge on any atom is 0.432 e. The summed E-state index contributed by atoms with van der Waals surface area (Å²) in [6.45, 7) is 7.03. The average Bonchev–Trinajstić information content (AvgIpc) is 3.44. The van der Waals surface area contributed by atoms with Crippen LogP contribution in [0.25, 0.3) is 10.9 Å². The van der Waals surface area contributed by atoms with Gasteiger partial charge in [0.15, 0.2) is 5.75 Å². The number of esters is 1. The summed E-state index contributed by atoms with van der Waals surface area (Å²) in [5, 5.41) is 14.7. The molecule has 266 valence electrons. The van der Waals surface area contributed by atoms with Gasteiger partial charge in [-0.2, -0.15) is 0 Å². The van der Waals surface area contributed by atoms with Gasteiger partial charge in [-0.1, -0.05) is 36.4 Å². The predicted molar refractivity (Wildman–Crippen MR) is 187 cm³/mol. The number of para-hydroxylation sites is 1. The van der Waals surface area contributed by atoms with Gasteiger partial charge in [-0.3, -0.25) is 14.6 Å². The number of fused-ring (bicyclic) bond motifs is 2. The van der Waals surface area contributed by atoms with Crippen molar-refractivity contribution in [2.75, 3.05) is 32.4 Å². The highest BCUT2D eigenvalue weighted by Crippen LogP contribution is 2.50. The number of carbonyl (C=O) groups is 3. The zero-order valence-electron chi connectivity index (χ0n) is 28.0. The van der Waals surface area contributed by atoms with Crippen LogP contribution >= 0.6 is 7.60 Å². The molecular weight excluding hydrogens is 678 g/mol. The number of likely N-dealkylation sites (tertiary alicyclic amines) is 1. The fourth-order valence-electron chi connectivity index (χ4n) is 6.34. The molecule has 12 nitrogen and oxygen atoms in total. The molecule has 1 aromatic heterocycles. The number of amides is 2. The first-order chi connectivity index (χ1) is 24.5. The maximum atomic E-state index is 14.0. The smallest absolute Gasteiger partial charge is 0.432 e. The van der Waals surface area contributed by atoms with Crippen LogP contribution in [0.1, 0.15) is 51.6 Å². The van der Waals surface area contributed by atoms with E-state index in [0.717, 1.165) is 0 Å². The number of piperidine rings is 1. The van der Waals surface area contributed by atoms with Crippen molar-refractivity contribution in [1.29, 1.82) is 0 Å². The van der Waals surface area contributed by atoms with Crippen molar-refractivity contribution in [3.05, 3.63) is 113 Å². The Balaban J connectivity index is 1.13. The van der Waals surface area contributed by atoms with Gasteiger partial charge < -0.3 is 34.0 Å². The van der Waals surface area contributed by atoms with E-state index in [4.69, 9.17) is 13.8 Å². The van der Waals surface area contributed by atoms with Crippen LogP contribution in [0.15, 0.2) is 85.3 Å². The van der Waals surface area contributed by atoms with Crippen molar-refractivity contribution in [2.24, 2.45) is 0 Å². The number of phenolic OH excluding ortho intramolecular Hbond substituents is 1. The molecule has 3 heterocycles. The maximum absolute atomic E-state index is 14.0. The molecule has 1 saturated heterocycles. The Morgan fingerprint density at radius 3 is 2.51 bits per heavy atom. The van der Waals surface area contributed by atoms with E-state index in [1.54, 1.807) is 61.5 Å². The minimum atomic E-state index is -3.88. The molecule has 6 rings (SSSR count). The zero-order valence-corrected chi connectivity index (χ0v) is 28.9. The number of rotatable bonds is 13. The summed E-state index contributed by atoms with van der Waals surface area (Å²) in [6, 6.07) is 17.5. The Morgan fingerprint density at radius 1 is 1.08 bits per heavy atom. The van der Waals surface area contributed by atoms with E-state index in [0.29, 0.717) is 54.7 Å². The molecule has 1 fully saturated rings. The quantitative estimate of drug-likeness (QED) is 0.0754. The summed E-state index contributed by atoms with van der Waals surface area (Å²) in [5.41, 5.74) is 1.59. The summed E-state index contributed by atoms with van der Waals surface area (Å²) >= 11 is 0. The van der Waals surface area contributed by atoms with Gasteiger partial charge in [0, 0.05) is 55.9 Å². The molecule has 4 aromatic rings. The lowest BCUT2D eigenvalue weighted by molar-refractivity contribution is -0.141. The Hall–Kier alpha value is -5.26. The first-order valence-electron chi connectivity index (χ1n) is 16.6. The van der Waals surface area contributed by atoms with Crippen LogP contribution in [0, 0.1) is 5.82 Å². The number of pyridine rings is 1. The molecule has 2 aliphatic rings. The lowest BCUT2D eigenvalue weighted by atomic mass is 9.95. The van der Waals surface area contributed by atoms with Crippen molar-refractivity contribution in [3.8, 4) is 11.5 Å². The van der Waals surface area contributed by atoms with Crippen molar-refractivity contribution in [1.82, 2.24) is 20.1 Å². The molecule has 51 heavy (non-hydrogen) atoms. The largest absolute Gasteiger partial charge is 0.505 e. The number of benzene rings is 3. The standard InChI is InChI=1S/C37H38FN4O8P/c1-3-48-37(46)24(2)49-51(47,50-28-8-5-4-6-9-28)21-20-41-18-15-27(16-19-41)40-35(44)31-29-10-7-17-39-33(29)34(43)32-30(31)23-42(36(32)45)22-25-11-13-26(38)14-12-25/h4-14,17,27,43H,2-3,15-16,18-23H2,1H3,(H,40,44). The van der Waals surface area contributed by atoms with Crippen molar-refractivity contribution in [3.63, 3.8) is 0 Å². The second-order valence-electron chi connectivity index (χ2n) is 12.3. The molecule has 1 atom stereocenters. The molecule has 1 unspecified atom stereocenters. The highest BCUT2D eigenvalue weighted by molar-refractivity contribution is 7.54. The predicted octanol–water partition coefficient (Wildman–Crippen LogP) is 5.80. The van der Waals surface area contributed by atoms with Gasteiger partial charge in [-0.05, 0) is 62.2 Å². The number of ether oxygens (including phenoxy) is 1. The van der Waals surface area contributed by atoms with Gasteiger partial charge >= 0.3 is 13.6 Å². The van der Waals surface area contributed by atoms with Gasteiger partial charge in [0.25, 0.3) is 11.8 Å². The number of nitrogens with one attached hydrogen (secondary N) is 1. The van der Waals surface area contributed by atoms with E-state index in [9.17, 15) is 28.4 Å². The van der Waals surface area contributed by atoms with Crippen LogP contribution in [0.4, 0.5) is 4.39 Å². The highest BCUT2D eigenvalue weighted by atomic mass is 31.2. The highest BCUT2D eigenvalue weighted by Gasteiger charge is 2.38. The van der Waals surface area contributed by atoms with Gasteiger partial charge in [-0.15, -0.1) is 0 Å². The topological polar surface area (TPSA) is 148 Å². The zero-order chi connectivity index (χ0) is 36.1. The molecule has 2 aliphatic heterocycles. The molecular formula is C37H38FN4O8P. The van der Waals surface area contributed by atoms with Crippen LogP contribution in [-0.2, 0) is 31.7 Å². The summed E-state index contributed by atoms with van der Waals surface area (Å²) < 4.78 is 43.5. The summed E-state index contributed by atoms with van der Waals surface area (Å²) in [6.07, 6.45) is 2.62. The molecule has 2 N–H and O–H groups in total. The SMILES string of the molecule is C=C(OP(=O)(CCN1CCC(NC(=O)c2c3c(c(O)c4ncccc24)C(=O)N(Cc2ccc(F)cc2)C3)CC1)Oc1ccccc1)C(=O)OCC. The van der Waals surface area contributed by atoms with E-state index in [1.165, 1.54) is 23.2 Å². The lowest BCUT2D eigenvalue weighted by Gasteiger charge is -2.33. The Labute approximate surface area is 294 Å². The number of hydrogen-bond donors (Lipinski definition) is 2. The van der Waals surface area contributed by atoms with Crippen LogP contribution < -0.4 is 9.84 Å². The molecule has 0 spiro atoms. The van der Waals surface area contributed by atoms with E-state index >= 15 is 0 Å². The fraction of sp³-hybridized carbons (Fsp3) is 0.297. The Morgan fingerprint density at radius 2 is 1.80 bits per heavy atom. The van der Waals surface area contributed by atoms with Crippen molar-refractivity contribution >= 4 is 36.3 Å². The molecule has 0 aliphatic carbocycles. The van der Waals surface area contributed by atoms with Crippen LogP contribution in [0.3, 0.4) is 0 Å². The minimum absolute atomic E-state index is 0.0293.